The Bertz CT molecular complexity index is 1150. The lowest BCUT2D eigenvalue weighted by atomic mass is 10.1. The van der Waals surface area contributed by atoms with Crippen LogP contribution in [0, 0.1) is 0 Å². The van der Waals surface area contributed by atoms with Crippen molar-refractivity contribution in [2.75, 3.05) is 48.9 Å². The summed E-state index contributed by atoms with van der Waals surface area (Å²) in [5.41, 5.74) is 0.748. The molecule has 0 aliphatic carbocycles. The molecule has 1 aliphatic rings. The van der Waals surface area contributed by atoms with Crippen molar-refractivity contribution in [3.05, 3.63) is 48.0 Å². The van der Waals surface area contributed by atoms with Crippen LogP contribution in [-0.2, 0) is 25.2 Å². The van der Waals surface area contributed by atoms with Crippen LogP contribution in [0.5, 0.6) is 0 Å². The van der Waals surface area contributed by atoms with Gasteiger partial charge in [-0.25, -0.2) is 4.98 Å². The maximum Gasteiger partial charge on any atom is 0.416 e. The number of rotatable bonds is 7. The molecule has 2 aromatic carbocycles. The molecule has 1 aromatic heterocycles. The summed E-state index contributed by atoms with van der Waals surface area (Å²) in [7, 11) is 0. The Balaban J connectivity index is 1.35. The van der Waals surface area contributed by atoms with E-state index >= 15 is 0 Å². The molecule has 1 aliphatic heterocycles. The van der Waals surface area contributed by atoms with Gasteiger partial charge in [-0.1, -0.05) is 23.9 Å². The van der Waals surface area contributed by atoms with E-state index in [9.17, 15) is 22.8 Å². The van der Waals surface area contributed by atoms with Gasteiger partial charge in [0, 0.05) is 13.1 Å². The van der Waals surface area contributed by atoms with Gasteiger partial charge in [0.1, 0.15) is 11.3 Å². The normalized spacial score (nSPS) is 14.3. The largest absolute Gasteiger partial charge is 0.455 e. The summed E-state index contributed by atoms with van der Waals surface area (Å²) in [5, 5.41) is 2.71. The number of nitrogens with zero attached hydrogens (tertiary/aromatic N) is 2. The van der Waals surface area contributed by atoms with Gasteiger partial charge in [0.05, 0.1) is 30.2 Å². The molecule has 1 saturated heterocycles. The molecular formula is C22H20F3N3O5S. The Morgan fingerprint density at radius 1 is 1.15 bits per heavy atom. The molecule has 0 saturated carbocycles. The van der Waals surface area contributed by atoms with E-state index in [1.807, 2.05) is 4.90 Å². The number of hydrogen-bond donors (Lipinski definition) is 1. The molecular weight excluding hydrogens is 475 g/mol. The van der Waals surface area contributed by atoms with Crippen molar-refractivity contribution in [1.29, 1.82) is 0 Å². The smallest absolute Gasteiger partial charge is 0.416 e. The molecule has 2 heterocycles. The molecule has 4 rings (SSSR count). The number of ether oxygens (including phenoxy) is 2. The highest BCUT2D eigenvalue weighted by atomic mass is 32.2. The third-order valence-electron chi connectivity index (χ3n) is 4.90. The molecule has 12 heteroatoms. The Hall–Kier alpha value is -3.25. The number of para-hydroxylation sites is 2. The quantitative estimate of drug-likeness (QED) is 0.389. The first-order chi connectivity index (χ1) is 16.3. The van der Waals surface area contributed by atoms with E-state index < -0.39 is 30.2 Å². The van der Waals surface area contributed by atoms with Crippen molar-refractivity contribution in [2.24, 2.45) is 0 Å². The number of morpholine rings is 1. The van der Waals surface area contributed by atoms with Crippen LogP contribution in [0.25, 0.3) is 11.1 Å². The number of fused-ring (bicyclic) bond motifs is 1. The van der Waals surface area contributed by atoms with Crippen LogP contribution in [0.2, 0.25) is 0 Å². The highest BCUT2D eigenvalue weighted by Gasteiger charge is 2.32. The molecule has 0 bridgehead atoms. The Morgan fingerprint density at radius 3 is 2.65 bits per heavy atom. The third kappa shape index (κ3) is 6.00. The van der Waals surface area contributed by atoms with Gasteiger partial charge >= 0.3 is 12.1 Å². The van der Waals surface area contributed by atoms with E-state index in [1.54, 1.807) is 24.3 Å². The Kier molecular flexibility index (Phi) is 7.27. The second-order valence-corrected chi connectivity index (χ2v) is 8.20. The third-order valence-corrected chi connectivity index (χ3v) is 5.70. The van der Waals surface area contributed by atoms with Gasteiger partial charge in [-0.2, -0.15) is 13.2 Å². The predicted octanol–water partition coefficient (Wildman–Crippen LogP) is 3.96. The molecule has 0 radical (unpaired) electrons. The van der Waals surface area contributed by atoms with Crippen molar-refractivity contribution < 1.29 is 36.7 Å². The van der Waals surface area contributed by atoms with E-state index in [4.69, 9.17) is 13.9 Å². The maximum atomic E-state index is 13.2. The standard InChI is InChI=1S/C22H20F3N3O5S/c23-22(24,25)14-5-6-17(28-7-9-31-10-8-28)16(11-14)26-19(29)12-32-20(30)13-34-21-27-15-3-1-2-4-18(15)33-21/h1-6,11H,7-10,12-13H2,(H,26,29). The fourth-order valence-electron chi connectivity index (χ4n) is 3.30. The van der Waals surface area contributed by atoms with E-state index in [2.05, 4.69) is 10.3 Å². The van der Waals surface area contributed by atoms with Gasteiger partial charge in [-0.05, 0) is 30.3 Å². The first-order valence-corrected chi connectivity index (χ1v) is 11.3. The molecule has 0 spiro atoms. The number of oxazole rings is 1. The van der Waals surface area contributed by atoms with Crippen molar-refractivity contribution in [1.82, 2.24) is 4.98 Å². The number of amides is 1. The van der Waals surface area contributed by atoms with Crippen LogP contribution >= 0.6 is 11.8 Å². The minimum atomic E-state index is -4.57. The van der Waals surface area contributed by atoms with Gasteiger partial charge in [0.25, 0.3) is 11.1 Å². The fraction of sp³-hybridized carbons (Fsp3) is 0.318. The van der Waals surface area contributed by atoms with E-state index in [-0.39, 0.29) is 16.7 Å². The molecule has 34 heavy (non-hydrogen) atoms. The summed E-state index contributed by atoms with van der Waals surface area (Å²) < 4.78 is 55.3. The van der Waals surface area contributed by atoms with Crippen LogP contribution in [0.15, 0.2) is 52.1 Å². The van der Waals surface area contributed by atoms with Crippen molar-refractivity contribution in [3.63, 3.8) is 0 Å². The lowest BCUT2D eigenvalue weighted by molar-refractivity contribution is -0.144. The zero-order valence-corrected chi connectivity index (χ0v) is 18.6. The number of carbonyl (C=O) groups excluding carboxylic acids is 2. The first kappa shape index (κ1) is 23.9. The van der Waals surface area contributed by atoms with Crippen molar-refractivity contribution in [3.8, 4) is 0 Å². The Morgan fingerprint density at radius 2 is 1.91 bits per heavy atom. The second-order valence-electron chi connectivity index (χ2n) is 7.27. The van der Waals surface area contributed by atoms with Crippen LogP contribution in [0.1, 0.15) is 5.56 Å². The molecule has 0 atom stereocenters. The van der Waals surface area contributed by atoms with Gasteiger partial charge < -0.3 is 24.1 Å². The number of halogens is 3. The summed E-state index contributed by atoms with van der Waals surface area (Å²) in [6.45, 7) is 1.13. The highest BCUT2D eigenvalue weighted by Crippen LogP contribution is 2.35. The zero-order chi connectivity index (χ0) is 24.1. The summed E-state index contributed by atoms with van der Waals surface area (Å²) in [5.74, 6) is -1.60. The predicted molar refractivity (Wildman–Crippen MR) is 119 cm³/mol. The van der Waals surface area contributed by atoms with E-state index in [0.29, 0.717) is 43.1 Å². The van der Waals surface area contributed by atoms with Gasteiger partial charge in [-0.15, -0.1) is 0 Å². The number of thioether (sulfide) groups is 1. The molecule has 3 aromatic rings. The molecule has 1 N–H and O–H groups in total. The van der Waals surface area contributed by atoms with Gasteiger partial charge in [-0.3, -0.25) is 9.59 Å². The monoisotopic (exact) mass is 495 g/mol. The molecule has 1 amide bonds. The summed E-state index contributed by atoms with van der Waals surface area (Å²) in [4.78, 5) is 30.4. The van der Waals surface area contributed by atoms with Gasteiger partial charge in [0.2, 0.25) is 0 Å². The average Bonchev–Trinajstić information content (AvgIpc) is 3.24. The van der Waals surface area contributed by atoms with Crippen LogP contribution in [0.4, 0.5) is 24.5 Å². The number of carbonyl (C=O) groups is 2. The van der Waals surface area contributed by atoms with Crippen molar-refractivity contribution >= 4 is 46.1 Å². The summed E-state index contributed by atoms with van der Waals surface area (Å²) in [6, 6.07) is 10.3. The number of nitrogens with one attached hydrogen (secondary N) is 1. The number of benzene rings is 2. The number of alkyl halides is 3. The SMILES string of the molecule is O=C(COC(=O)CSc1nc2ccccc2o1)Nc1cc(C(F)(F)F)ccc1N1CCOCC1. The Labute approximate surface area is 196 Å². The first-order valence-electron chi connectivity index (χ1n) is 10.3. The van der Waals surface area contributed by atoms with E-state index in [1.165, 1.54) is 6.07 Å². The van der Waals surface area contributed by atoms with Crippen molar-refractivity contribution in [2.45, 2.75) is 11.4 Å². The summed E-state index contributed by atoms with van der Waals surface area (Å²) >= 11 is 1.01. The topological polar surface area (TPSA) is 93.9 Å². The zero-order valence-electron chi connectivity index (χ0n) is 17.8. The number of anilines is 2. The fourth-order valence-corrected chi connectivity index (χ4v) is 3.94. The lowest BCUT2D eigenvalue weighted by Crippen LogP contribution is -2.37. The maximum absolute atomic E-state index is 13.2. The second kappa shape index (κ2) is 10.3. The summed E-state index contributed by atoms with van der Waals surface area (Å²) in [6.07, 6.45) is -4.57. The number of aromatic nitrogens is 1. The highest BCUT2D eigenvalue weighted by molar-refractivity contribution is 7.99. The number of hydrogen-bond acceptors (Lipinski definition) is 8. The minimum absolute atomic E-state index is 0.0152. The molecule has 8 nitrogen and oxygen atoms in total. The van der Waals surface area contributed by atoms with Gasteiger partial charge in [0.15, 0.2) is 12.2 Å². The molecule has 0 unspecified atom stereocenters. The number of esters is 1. The lowest BCUT2D eigenvalue weighted by Gasteiger charge is -2.31. The average molecular weight is 495 g/mol. The van der Waals surface area contributed by atoms with Crippen LogP contribution < -0.4 is 10.2 Å². The van der Waals surface area contributed by atoms with E-state index in [0.717, 1.165) is 23.9 Å². The van der Waals surface area contributed by atoms with Crippen LogP contribution in [-0.4, -0.2) is 55.5 Å². The molecule has 1 fully saturated rings. The molecule has 180 valence electrons. The minimum Gasteiger partial charge on any atom is -0.455 e. The van der Waals surface area contributed by atoms with Crippen LogP contribution in [0.3, 0.4) is 0 Å².